The molecule has 2 unspecified atom stereocenters. The molecule has 0 bridgehead atoms. The standard InChI is InChI=1S/C18H36/c1-13(2)18(10)12-11-14(17(18,8)9)16(6,7)15(3,4)5/h13-14H,11-12H2,1-10H3. The zero-order valence-electron chi connectivity index (χ0n) is 14.6. The van der Waals surface area contributed by atoms with Crippen LogP contribution in [0.5, 0.6) is 0 Å². The van der Waals surface area contributed by atoms with E-state index in [0.29, 0.717) is 21.7 Å². The molecule has 108 valence electrons. The minimum atomic E-state index is 0.372. The molecule has 0 nitrogen and oxygen atoms in total. The monoisotopic (exact) mass is 252 g/mol. The van der Waals surface area contributed by atoms with Crippen molar-refractivity contribution in [3.63, 3.8) is 0 Å². The Kier molecular flexibility index (Phi) is 3.79. The topological polar surface area (TPSA) is 0 Å². The Morgan fingerprint density at radius 3 is 1.67 bits per heavy atom. The molecular formula is C18H36. The van der Waals surface area contributed by atoms with Gasteiger partial charge in [-0.1, -0.05) is 69.2 Å². The Labute approximate surface area is 116 Å². The molecule has 1 aliphatic carbocycles. The van der Waals surface area contributed by atoms with Gasteiger partial charge in [0.25, 0.3) is 0 Å². The summed E-state index contributed by atoms with van der Waals surface area (Å²) in [5.74, 6) is 1.59. The van der Waals surface area contributed by atoms with Crippen LogP contribution >= 0.6 is 0 Å². The predicted molar refractivity (Wildman–Crippen MR) is 82.7 cm³/mol. The lowest BCUT2D eigenvalue weighted by Crippen LogP contribution is -2.47. The van der Waals surface area contributed by atoms with Crippen molar-refractivity contribution in [1.82, 2.24) is 0 Å². The molecule has 0 heterocycles. The van der Waals surface area contributed by atoms with Gasteiger partial charge in [0, 0.05) is 0 Å². The van der Waals surface area contributed by atoms with Gasteiger partial charge in [0.05, 0.1) is 0 Å². The van der Waals surface area contributed by atoms with Gasteiger partial charge in [-0.3, -0.25) is 0 Å². The van der Waals surface area contributed by atoms with Crippen molar-refractivity contribution >= 4 is 0 Å². The van der Waals surface area contributed by atoms with Crippen molar-refractivity contribution in [3.05, 3.63) is 0 Å². The summed E-state index contributed by atoms with van der Waals surface area (Å²) in [6.07, 6.45) is 2.79. The molecule has 0 aromatic carbocycles. The van der Waals surface area contributed by atoms with E-state index in [2.05, 4.69) is 69.2 Å². The fourth-order valence-electron chi connectivity index (χ4n) is 4.34. The number of hydrogen-bond donors (Lipinski definition) is 0. The van der Waals surface area contributed by atoms with E-state index in [1.54, 1.807) is 0 Å². The third-order valence-electron chi connectivity index (χ3n) is 7.37. The molecule has 1 rings (SSSR count). The zero-order chi connectivity index (χ0) is 14.6. The first-order valence-corrected chi connectivity index (χ1v) is 7.78. The van der Waals surface area contributed by atoms with Crippen LogP contribution in [0.15, 0.2) is 0 Å². The Morgan fingerprint density at radius 1 is 0.944 bits per heavy atom. The van der Waals surface area contributed by atoms with Gasteiger partial charge in [0.15, 0.2) is 0 Å². The van der Waals surface area contributed by atoms with Crippen LogP contribution in [0.4, 0.5) is 0 Å². The van der Waals surface area contributed by atoms with Crippen LogP contribution < -0.4 is 0 Å². The Morgan fingerprint density at radius 2 is 1.39 bits per heavy atom. The molecule has 0 amide bonds. The maximum atomic E-state index is 2.53. The fraction of sp³-hybridized carbons (Fsp3) is 1.00. The van der Waals surface area contributed by atoms with E-state index in [1.165, 1.54) is 12.8 Å². The van der Waals surface area contributed by atoms with Crippen molar-refractivity contribution in [1.29, 1.82) is 0 Å². The van der Waals surface area contributed by atoms with Crippen LogP contribution in [0.2, 0.25) is 0 Å². The van der Waals surface area contributed by atoms with Gasteiger partial charge >= 0.3 is 0 Å². The van der Waals surface area contributed by atoms with E-state index in [4.69, 9.17) is 0 Å². The van der Waals surface area contributed by atoms with Gasteiger partial charge in [-0.25, -0.2) is 0 Å². The molecule has 0 radical (unpaired) electrons. The van der Waals surface area contributed by atoms with Crippen LogP contribution in [-0.2, 0) is 0 Å². The molecule has 1 saturated carbocycles. The van der Waals surface area contributed by atoms with E-state index in [-0.39, 0.29) is 0 Å². The fourth-order valence-corrected chi connectivity index (χ4v) is 4.34. The minimum Gasteiger partial charge on any atom is -0.0622 e. The SMILES string of the molecule is CC(C)C1(C)CCC(C(C)(C)C(C)(C)C)C1(C)C. The number of rotatable bonds is 2. The van der Waals surface area contributed by atoms with E-state index in [0.717, 1.165) is 11.8 Å². The lowest BCUT2D eigenvalue weighted by molar-refractivity contribution is -0.0492. The van der Waals surface area contributed by atoms with Crippen molar-refractivity contribution in [2.24, 2.45) is 33.5 Å². The highest BCUT2D eigenvalue weighted by atomic mass is 14.6. The second-order valence-corrected chi connectivity index (χ2v) is 9.36. The highest BCUT2D eigenvalue weighted by molar-refractivity contribution is 5.07. The first kappa shape index (κ1) is 16.1. The normalized spacial score (nSPS) is 33.2. The van der Waals surface area contributed by atoms with Gasteiger partial charge in [-0.05, 0) is 46.3 Å². The van der Waals surface area contributed by atoms with Crippen LogP contribution in [0.25, 0.3) is 0 Å². The van der Waals surface area contributed by atoms with Gasteiger partial charge in [-0.15, -0.1) is 0 Å². The summed E-state index contributed by atoms with van der Waals surface area (Å²) in [7, 11) is 0. The second-order valence-electron chi connectivity index (χ2n) is 9.36. The van der Waals surface area contributed by atoms with Crippen molar-refractivity contribution in [3.8, 4) is 0 Å². The summed E-state index contributed by atoms with van der Waals surface area (Å²) in [5.41, 5.74) is 1.68. The van der Waals surface area contributed by atoms with Crippen LogP contribution in [-0.4, -0.2) is 0 Å². The second kappa shape index (κ2) is 4.25. The maximum Gasteiger partial charge on any atom is -0.0249 e. The molecular weight excluding hydrogens is 216 g/mol. The molecule has 1 fully saturated rings. The molecule has 0 aliphatic heterocycles. The summed E-state index contributed by atoms with van der Waals surface area (Å²) in [5, 5.41) is 0. The Balaban J connectivity index is 3.17. The maximum absolute atomic E-state index is 2.53. The van der Waals surface area contributed by atoms with Crippen molar-refractivity contribution in [2.75, 3.05) is 0 Å². The minimum absolute atomic E-state index is 0.372. The van der Waals surface area contributed by atoms with E-state index >= 15 is 0 Å². The van der Waals surface area contributed by atoms with Gasteiger partial charge in [0.2, 0.25) is 0 Å². The summed E-state index contributed by atoms with van der Waals surface area (Å²) in [6.45, 7) is 24.6. The van der Waals surface area contributed by atoms with E-state index < -0.39 is 0 Å². The lowest BCUT2D eigenvalue weighted by Gasteiger charge is -2.53. The number of hydrogen-bond acceptors (Lipinski definition) is 0. The average Bonchev–Trinajstić information content (AvgIpc) is 2.37. The first-order valence-electron chi connectivity index (χ1n) is 7.78. The van der Waals surface area contributed by atoms with Crippen LogP contribution in [0, 0.1) is 33.5 Å². The average molecular weight is 252 g/mol. The molecule has 0 aromatic heterocycles. The van der Waals surface area contributed by atoms with Crippen molar-refractivity contribution in [2.45, 2.75) is 82.1 Å². The first-order chi connectivity index (χ1) is 7.78. The molecule has 0 saturated heterocycles. The predicted octanol–water partition coefficient (Wildman–Crippen LogP) is 6.16. The smallest absolute Gasteiger partial charge is 0.0249 e. The lowest BCUT2D eigenvalue weighted by atomic mass is 9.51. The van der Waals surface area contributed by atoms with E-state index in [1.807, 2.05) is 0 Å². The van der Waals surface area contributed by atoms with Crippen LogP contribution in [0.3, 0.4) is 0 Å². The molecule has 0 aromatic rings. The van der Waals surface area contributed by atoms with Gasteiger partial charge in [0.1, 0.15) is 0 Å². The third kappa shape index (κ3) is 2.04. The molecule has 0 heteroatoms. The molecule has 2 atom stereocenters. The molecule has 18 heavy (non-hydrogen) atoms. The quantitative estimate of drug-likeness (QED) is 0.552. The van der Waals surface area contributed by atoms with Crippen molar-refractivity contribution < 1.29 is 0 Å². The summed E-state index contributed by atoms with van der Waals surface area (Å²) >= 11 is 0. The summed E-state index contributed by atoms with van der Waals surface area (Å²) < 4.78 is 0. The van der Waals surface area contributed by atoms with Crippen LogP contribution in [0.1, 0.15) is 82.1 Å². The summed E-state index contributed by atoms with van der Waals surface area (Å²) in [6, 6.07) is 0. The Bertz CT molecular complexity index is 300. The zero-order valence-corrected chi connectivity index (χ0v) is 14.6. The summed E-state index contributed by atoms with van der Waals surface area (Å²) in [4.78, 5) is 0. The van der Waals surface area contributed by atoms with Gasteiger partial charge < -0.3 is 0 Å². The third-order valence-corrected chi connectivity index (χ3v) is 7.37. The van der Waals surface area contributed by atoms with E-state index in [9.17, 15) is 0 Å². The highest BCUT2D eigenvalue weighted by Gasteiger charge is 2.58. The molecule has 0 spiro atoms. The largest absolute Gasteiger partial charge is 0.0622 e. The molecule has 1 aliphatic rings. The Hall–Kier alpha value is 0. The molecule has 0 N–H and O–H groups in total. The van der Waals surface area contributed by atoms with Gasteiger partial charge in [-0.2, -0.15) is 0 Å². The highest BCUT2D eigenvalue weighted by Crippen LogP contribution is 2.66.